The number of hydrogen-bond acceptors (Lipinski definition) is 3. The second kappa shape index (κ2) is 4.26. The lowest BCUT2D eigenvalue weighted by molar-refractivity contribution is 1.42. The number of fused-ring (bicyclic) bond motifs is 1. The molecule has 0 amide bonds. The number of thiazole rings is 1. The zero-order valence-corrected chi connectivity index (χ0v) is 11.3. The van der Waals surface area contributed by atoms with E-state index in [4.69, 9.17) is 17.3 Å². The van der Waals surface area contributed by atoms with Crippen molar-refractivity contribution in [1.82, 2.24) is 4.98 Å². The summed E-state index contributed by atoms with van der Waals surface area (Å²) in [6.45, 7) is 2.07. The third kappa shape index (κ3) is 1.85. The Morgan fingerprint density at radius 3 is 2.78 bits per heavy atom. The van der Waals surface area contributed by atoms with E-state index in [2.05, 4.69) is 24.0 Å². The third-order valence-electron chi connectivity index (χ3n) is 2.84. The summed E-state index contributed by atoms with van der Waals surface area (Å²) < 4.78 is 1.18. The summed E-state index contributed by atoms with van der Waals surface area (Å²) in [5.74, 6) is 0. The minimum atomic E-state index is 0.645. The summed E-state index contributed by atoms with van der Waals surface area (Å²) in [7, 11) is 0. The molecule has 0 aliphatic heterocycles. The molecule has 3 rings (SSSR count). The van der Waals surface area contributed by atoms with Crippen LogP contribution in [0.2, 0.25) is 5.02 Å². The highest BCUT2D eigenvalue weighted by molar-refractivity contribution is 7.21. The average Bonchev–Trinajstić information content (AvgIpc) is 2.74. The summed E-state index contributed by atoms with van der Waals surface area (Å²) >= 11 is 7.87. The molecular formula is C14H11ClN2S. The second-order valence-corrected chi connectivity index (χ2v) is 5.62. The van der Waals surface area contributed by atoms with Crippen LogP contribution >= 0.6 is 22.9 Å². The van der Waals surface area contributed by atoms with Crippen LogP contribution < -0.4 is 5.73 Å². The van der Waals surface area contributed by atoms with Crippen LogP contribution in [0.25, 0.3) is 20.8 Å². The van der Waals surface area contributed by atoms with E-state index in [9.17, 15) is 0 Å². The predicted molar refractivity (Wildman–Crippen MR) is 79.2 cm³/mol. The zero-order chi connectivity index (χ0) is 12.7. The molecule has 1 heterocycles. The van der Waals surface area contributed by atoms with Gasteiger partial charge in [-0.05, 0) is 36.8 Å². The molecule has 2 aromatic carbocycles. The van der Waals surface area contributed by atoms with Gasteiger partial charge < -0.3 is 5.73 Å². The number of nitrogen functional groups attached to an aromatic ring is 1. The van der Waals surface area contributed by atoms with Crippen molar-refractivity contribution in [3.8, 4) is 10.6 Å². The molecule has 2 N–H and O–H groups in total. The summed E-state index contributed by atoms with van der Waals surface area (Å²) in [5, 5.41) is 1.58. The lowest BCUT2D eigenvalue weighted by Crippen LogP contribution is -1.85. The van der Waals surface area contributed by atoms with Gasteiger partial charge in [-0.1, -0.05) is 23.7 Å². The van der Waals surface area contributed by atoms with Crippen LogP contribution in [0.3, 0.4) is 0 Å². The van der Waals surface area contributed by atoms with Crippen LogP contribution in [0.15, 0.2) is 36.4 Å². The number of benzene rings is 2. The van der Waals surface area contributed by atoms with E-state index in [0.717, 1.165) is 16.1 Å². The predicted octanol–water partition coefficient (Wildman–Crippen LogP) is 4.51. The fraction of sp³-hybridized carbons (Fsp3) is 0.0714. The molecule has 0 radical (unpaired) electrons. The van der Waals surface area contributed by atoms with Gasteiger partial charge in [0, 0.05) is 11.3 Å². The first kappa shape index (κ1) is 11.5. The Bertz CT molecular complexity index is 734. The molecule has 0 saturated heterocycles. The van der Waals surface area contributed by atoms with Crippen molar-refractivity contribution in [2.24, 2.45) is 0 Å². The first-order chi connectivity index (χ1) is 8.65. The number of hydrogen-bond donors (Lipinski definition) is 1. The molecule has 0 spiro atoms. The first-order valence-electron chi connectivity index (χ1n) is 5.57. The molecule has 90 valence electrons. The van der Waals surface area contributed by atoms with Crippen LogP contribution in [0.5, 0.6) is 0 Å². The molecule has 0 bridgehead atoms. The molecule has 0 atom stereocenters. The molecule has 3 aromatic rings. The van der Waals surface area contributed by atoms with Crippen LogP contribution in [0, 0.1) is 6.92 Å². The lowest BCUT2D eigenvalue weighted by Gasteiger charge is -2.00. The average molecular weight is 275 g/mol. The van der Waals surface area contributed by atoms with Crippen molar-refractivity contribution < 1.29 is 0 Å². The smallest absolute Gasteiger partial charge is 0.126 e. The number of nitrogens with zero attached hydrogens (tertiary/aromatic N) is 1. The van der Waals surface area contributed by atoms with Crippen molar-refractivity contribution in [2.45, 2.75) is 6.92 Å². The monoisotopic (exact) mass is 274 g/mol. The van der Waals surface area contributed by atoms with Gasteiger partial charge in [0.2, 0.25) is 0 Å². The number of nitrogens with two attached hydrogens (primary N) is 1. The molecule has 4 heteroatoms. The van der Waals surface area contributed by atoms with Gasteiger partial charge in [0.1, 0.15) is 5.01 Å². The number of aromatic nitrogens is 1. The van der Waals surface area contributed by atoms with Crippen LogP contribution in [-0.2, 0) is 0 Å². The number of rotatable bonds is 1. The summed E-state index contributed by atoms with van der Waals surface area (Å²) in [6, 6.07) is 11.7. The van der Waals surface area contributed by atoms with Crippen molar-refractivity contribution in [2.75, 3.05) is 5.73 Å². The lowest BCUT2D eigenvalue weighted by atomic mass is 10.2. The summed E-state index contributed by atoms with van der Waals surface area (Å²) in [5.41, 5.74) is 9.54. The van der Waals surface area contributed by atoms with Gasteiger partial charge >= 0.3 is 0 Å². The molecule has 0 saturated carbocycles. The highest BCUT2D eigenvalue weighted by Gasteiger charge is 2.10. The largest absolute Gasteiger partial charge is 0.399 e. The van der Waals surface area contributed by atoms with E-state index >= 15 is 0 Å². The number of anilines is 1. The third-order valence-corrected chi connectivity index (χ3v) is 4.21. The molecule has 1 aromatic heterocycles. The van der Waals surface area contributed by atoms with Crippen molar-refractivity contribution in [3.63, 3.8) is 0 Å². The molecule has 0 unspecified atom stereocenters. The molecule has 0 fully saturated rings. The summed E-state index contributed by atoms with van der Waals surface area (Å²) in [6.07, 6.45) is 0. The fourth-order valence-corrected chi connectivity index (χ4v) is 3.32. The maximum absolute atomic E-state index is 6.22. The Balaban J connectivity index is 2.23. The van der Waals surface area contributed by atoms with Crippen LogP contribution in [-0.4, -0.2) is 4.98 Å². The maximum atomic E-state index is 6.22. The van der Waals surface area contributed by atoms with E-state index in [1.54, 1.807) is 17.4 Å². The molecule has 18 heavy (non-hydrogen) atoms. The standard InChI is InChI=1S/C14H11ClN2S/c1-8-3-2-4-12-13(8)17-14(18-12)10-6-5-9(16)7-11(10)15/h2-7H,16H2,1H3. The first-order valence-corrected chi connectivity index (χ1v) is 6.76. The number of aryl methyl sites for hydroxylation is 1. The second-order valence-electron chi connectivity index (χ2n) is 4.18. The Hall–Kier alpha value is -1.58. The quantitative estimate of drug-likeness (QED) is 0.663. The summed E-state index contributed by atoms with van der Waals surface area (Å²) in [4.78, 5) is 4.67. The normalized spacial score (nSPS) is 11.0. The highest BCUT2D eigenvalue weighted by Crippen LogP contribution is 2.35. The minimum absolute atomic E-state index is 0.645. The highest BCUT2D eigenvalue weighted by atomic mass is 35.5. The molecule has 0 aliphatic rings. The SMILES string of the molecule is Cc1cccc2sc(-c3ccc(N)cc3Cl)nc12. The number of halogens is 1. The Labute approximate surface area is 114 Å². The van der Waals surface area contributed by atoms with Gasteiger partial charge in [-0.25, -0.2) is 4.98 Å². The van der Waals surface area contributed by atoms with E-state index in [1.165, 1.54) is 10.3 Å². The number of para-hydroxylation sites is 1. The molecular weight excluding hydrogens is 264 g/mol. The van der Waals surface area contributed by atoms with Crippen molar-refractivity contribution in [1.29, 1.82) is 0 Å². The van der Waals surface area contributed by atoms with E-state index in [0.29, 0.717) is 10.7 Å². The van der Waals surface area contributed by atoms with Gasteiger partial charge in [0.15, 0.2) is 0 Å². The topological polar surface area (TPSA) is 38.9 Å². The fourth-order valence-electron chi connectivity index (χ4n) is 1.91. The van der Waals surface area contributed by atoms with E-state index in [1.807, 2.05) is 18.2 Å². The molecule has 2 nitrogen and oxygen atoms in total. The van der Waals surface area contributed by atoms with Gasteiger partial charge in [-0.3, -0.25) is 0 Å². The molecule has 0 aliphatic carbocycles. The Kier molecular flexibility index (Phi) is 2.73. The maximum Gasteiger partial charge on any atom is 0.126 e. The van der Waals surface area contributed by atoms with E-state index < -0.39 is 0 Å². The van der Waals surface area contributed by atoms with Gasteiger partial charge in [-0.15, -0.1) is 11.3 Å². The van der Waals surface area contributed by atoms with Crippen molar-refractivity contribution >= 4 is 38.8 Å². The van der Waals surface area contributed by atoms with E-state index in [-0.39, 0.29) is 0 Å². The van der Waals surface area contributed by atoms with Crippen molar-refractivity contribution in [3.05, 3.63) is 47.0 Å². The minimum Gasteiger partial charge on any atom is -0.399 e. The van der Waals surface area contributed by atoms with Crippen LogP contribution in [0.1, 0.15) is 5.56 Å². The zero-order valence-electron chi connectivity index (χ0n) is 9.77. The van der Waals surface area contributed by atoms with Crippen LogP contribution in [0.4, 0.5) is 5.69 Å². The van der Waals surface area contributed by atoms with Gasteiger partial charge in [0.25, 0.3) is 0 Å². The Morgan fingerprint density at radius 2 is 2.06 bits per heavy atom. The van der Waals surface area contributed by atoms with Gasteiger partial charge in [-0.2, -0.15) is 0 Å². The van der Waals surface area contributed by atoms with Gasteiger partial charge in [0.05, 0.1) is 15.2 Å². The Morgan fingerprint density at radius 1 is 1.22 bits per heavy atom.